The summed E-state index contributed by atoms with van der Waals surface area (Å²) >= 11 is 0. The largest absolute Gasteiger partial charge is 0.490 e. The summed E-state index contributed by atoms with van der Waals surface area (Å²) in [5.74, 6) is 1.61. The van der Waals surface area contributed by atoms with Crippen molar-refractivity contribution in [2.45, 2.75) is 19.3 Å². The van der Waals surface area contributed by atoms with Crippen LogP contribution in [-0.2, 0) is 9.47 Å². The molecule has 0 N–H and O–H groups in total. The zero-order valence-electron chi connectivity index (χ0n) is 11.3. The molecule has 106 valence electrons. The van der Waals surface area contributed by atoms with Crippen LogP contribution < -0.4 is 9.47 Å². The van der Waals surface area contributed by atoms with Crippen LogP contribution in [0.2, 0.25) is 0 Å². The van der Waals surface area contributed by atoms with E-state index < -0.39 is 0 Å². The van der Waals surface area contributed by atoms with Crippen molar-refractivity contribution in [3.05, 3.63) is 24.3 Å². The van der Waals surface area contributed by atoms with E-state index in [1.807, 2.05) is 24.3 Å². The summed E-state index contributed by atoms with van der Waals surface area (Å²) in [6.07, 6.45) is 2.71. The summed E-state index contributed by atoms with van der Waals surface area (Å²) in [4.78, 5) is 0. The Balaban J connectivity index is 1.87. The van der Waals surface area contributed by atoms with Gasteiger partial charge >= 0.3 is 0 Å². The molecule has 0 aliphatic carbocycles. The molecule has 19 heavy (non-hydrogen) atoms. The van der Waals surface area contributed by atoms with Gasteiger partial charge in [0, 0.05) is 39.3 Å². The van der Waals surface area contributed by atoms with Crippen molar-refractivity contribution < 1.29 is 18.9 Å². The van der Waals surface area contributed by atoms with Gasteiger partial charge in [-0.25, -0.2) is 0 Å². The van der Waals surface area contributed by atoms with Gasteiger partial charge in [-0.05, 0) is 18.6 Å². The number of rotatable bonds is 0. The van der Waals surface area contributed by atoms with Crippen LogP contribution in [0.1, 0.15) is 19.3 Å². The first-order valence-electron chi connectivity index (χ1n) is 6.97. The maximum Gasteiger partial charge on any atom is 0.161 e. The summed E-state index contributed by atoms with van der Waals surface area (Å²) in [5, 5.41) is 0. The average Bonchev–Trinajstić information content (AvgIpc) is 2.45. The van der Waals surface area contributed by atoms with Crippen molar-refractivity contribution in [2.75, 3.05) is 39.6 Å². The molecule has 4 nitrogen and oxygen atoms in total. The molecule has 1 aliphatic heterocycles. The van der Waals surface area contributed by atoms with Crippen molar-refractivity contribution in [1.82, 2.24) is 0 Å². The first kappa shape index (κ1) is 14.2. The number of hydrogen-bond acceptors (Lipinski definition) is 4. The van der Waals surface area contributed by atoms with Gasteiger partial charge in [-0.15, -0.1) is 0 Å². The van der Waals surface area contributed by atoms with Crippen molar-refractivity contribution in [1.29, 1.82) is 0 Å². The number of ether oxygens (including phenoxy) is 4. The third kappa shape index (κ3) is 5.49. The van der Waals surface area contributed by atoms with E-state index in [2.05, 4.69) is 0 Å². The van der Waals surface area contributed by atoms with Crippen LogP contribution in [0.5, 0.6) is 11.5 Å². The second kappa shape index (κ2) is 8.77. The first-order chi connectivity index (χ1) is 9.47. The Bertz CT molecular complexity index is 321. The van der Waals surface area contributed by atoms with Gasteiger partial charge < -0.3 is 18.9 Å². The molecular formula is C15H22O4. The molecule has 1 aliphatic rings. The molecule has 0 amide bonds. The molecule has 1 aromatic carbocycles. The van der Waals surface area contributed by atoms with E-state index in [9.17, 15) is 0 Å². The van der Waals surface area contributed by atoms with E-state index in [0.29, 0.717) is 13.2 Å². The van der Waals surface area contributed by atoms with E-state index in [-0.39, 0.29) is 0 Å². The number of benzene rings is 1. The smallest absolute Gasteiger partial charge is 0.161 e. The maximum absolute atomic E-state index is 5.73. The summed E-state index contributed by atoms with van der Waals surface area (Å²) in [7, 11) is 0. The highest BCUT2D eigenvalue weighted by atomic mass is 16.5. The van der Waals surface area contributed by atoms with Crippen LogP contribution in [0.15, 0.2) is 24.3 Å². The Morgan fingerprint density at radius 2 is 1.00 bits per heavy atom. The maximum atomic E-state index is 5.73. The molecule has 0 radical (unpaired) electrons. The van der Waals surface area contributed by atoms with Crippen LogP contribution in [-0.4, -0.2) is 39.6 Å². The molecule has 0 saturated carbocycles. The van der Waals surface area contributed by atoms with E-state index in [1.165, 1.54) is 0 Å². The lowest BCUT2D eigenvalue weighted by molar-refractivity contribution is 0.0748. The van der Waals surface area contributed by atoms with E-state index in [0.717, 1.165) is 57.2 Å². The third-order valence-electron chi connectivity index (χ3n) is 2.81. The fourth-order valence-electron chi connectivity index (χ4n) is 1.84. The molecular weight excluding hydrogens is 244 g/mol. The van der Waals surface area contributed by atoms with Crippen LogP contribution in [0.4, 0.5) is 0 Å². The molecule has 1 aromatic rings. The zero-order valence-corrected chi connectivity index (χ0v) is 11.3. The number of hydrogen-bond donors (Lipinski definition) is 0. The van der Waals surface area contributed by atoms with Gasteiger partial charge in [-0.3, -0.25) is 0 Å². The Morgan fingerprint density at radius 3 is 1.47 bits per heavy atom. The quantitative estimate of drug-likeness (QED) is 0.723. The second-order valence-electron chi connectivity index (χ2n) is 4.43. The highest BCUT2D eigenvalue weighted by Crippen LogP contribution is 2.26. The molecule has 0 aromatic heterocycles. The predicted molar refractivity (Wildman–Crippen MR) is 72.9 cm³/mol. The summed E-state index contributed by atoms with van der Waals surface area (Å²) in [5.41, 5.74) is 0. The molecule has 0 unspecified atom stereocenters. The molecule has 4 heteroatoms. The number of para-hydroxylation sites is 2. The third-order valence-corrected chi connectivity index (χ3v) is 2.81. The van der Waals surface area contributed by atoms with E-state index in [4.69, 9.17) is 18.9 Å². The molecule has 1 heterocycles. The minimum atomic E-state index is 0.650. The van der Waals surface area contributed by atoms with Gasteiger partial charge in [0.1, 0.15) is 0 Å². The second-order valence-corrected chi connectivity index (χ2v) is 4.43. The van der Waals surface area contributed by atoms with E-state index in [1.54, 1.807) is 0 Å². The highest BCUT2D eigenvalue weighted by Gasteiger charge is 2.04. The number of fused-ring (bicyclic) bond motifs is 1. The van der Waals surface area contributed by atoms with Gasteiger partial charge in [-0.2, -0.15) is 0 Å². The van der Waals surface area contributed by atoms with Gasteiger partial charge in [0.25, 0.3) is 0 Å². The fourth-order valence-corrected chi connectivity index (χ4v) is 1.84. The lowest BCUT2D eigenvalue weighted by Crippen LogP contribution is -2.06. The average molecular weight is 266 g/mol. The summed E-state index contributed by atoms with van der Waals surface area (Å²) in [6, 6.07) is 7.78. The topological polar surface area (TPSA) is 36.9 Å². The summed E-state index contributed by atoms with van der Waals surface area (Å²) < 4.78 is 22.5. The van der Waals surface area contributed by atoms with Crippen molar-refractivity contribution in [2.24, 2.45) is 0 Å². The normalized spacial score (nSPS) is 19.2. The predicted octanol–water partition coefficient (Wildman–Crippen LogP) is 2.66. The van der Waals surface area contributed by atoms with Gasteiger partial charge in [0.15, 0.2) is 11.5 Å². The van der Waals surface area contributed by atoms with Crippen molar-refractivity contribution in [3.63, 3.8) is 0 Å². The Hall–Kier alpha value is -1.26. The van der Waals surface area contributed by atoms with Gasteiger partial charge in [-0.1, -0.05) is 12.1 Å². The Labute approximate surface area is 114 Å². The lowest BCUT2D eigenvalue weighted by atomic mass is 10.3. The lowest BCUT2D eigenvalue weighted by Gasteiger charge is -2.12. The van der Waals surface area contributed by atoms with Gasteiger partial charge in [0.05, 0.1) is 13.2 Å². The first-order valence-corrected chi connectivity index (χ1v) is 6.97. The Morgan fingerprint density at radius 1 is 0.579 bits per heavy atom. The van der Waals surface area contributed by atoms with E-state index >= 15 is 0 Å². The highest BCUT2D eigenvalue weighted by molar-refractivity contribution is 5.39. The molecule has 0 fully saturated rings. The standard InChI is InChI=1S/C15H22O4/c1-2-7-15-14(6-1)18-12-4-10-16-8-3-9-17-11-5-13-19-15/h1-2,6-7H,3-5,8-13H2. The van der Waals surface area contributed by atoms with Gasteiger partial charge in [0.2, 0.25) is 0 Å². The molecule has 0 atom stereocenters. The fraction of sp³-hybridized carbons (Fsp3) is 0.600. The molecule has 0 saturated heterocycles. The van der Waals surface area contributed by atoms with Crippen molar-refractivity contribution >= 4 is 0 Å². The molecule has 0 bridgehead atoms. The zero-order chi connectivity index (χ0) is 13.2. The minimum Gasteiger partial charge on any atom is -0.490 e. The van der Waals surface area contributed by atoms with Crippen LogP contribution >= 0.6 is 0 Å². The SMILES string of the molecule is c1ccc2c(c1)OCCCOCCCOCCCO2. The monoisotopic (exact) mass is 266 g/mol. The summed E-state index contributed by atoms with van der Waals surface area (Å²) in [6.45, 7) is 4.26. The van der Waals surface area contributed by atoms with Crippen LogP contribution in [0.25, 0.3) is 0 Å². The van der Waals surface area contributed by atoms with Crippen molar-refractivity contribution in [3.8, 4) is 11.5 Å². The molecule has 0 spiro atoms. The molecule has 2 rings (SSSR count). The minimum absolute atomic E-state index is 0.650. The Kier molecular flexibility index (Phi) is 6.54. The van der Waals surface area contributed by atoms with Crippen LogP contribution in [0, 0.1) is 0 Å². The van der Waals surface area contributed by atoms with Crippen LogP contribution in [0.3, 0.4) is 0 Å².